The van der Waals surface area contributed by atoms with E-state index in [1.54, 1.807) is 0 Å². The largest absolute Gasteiger partial charge is 0.354 e. The summed E-state index contributed by atoms with van der Waals surface area (Å²) >= 11 is 0. The van der Waals surface area contributed by atoms with Crippen molar-refractivity contribution in [2.45, 2.75) is 70.8 Å². The van der Waals surface area contributed by atoms with Gasteiger partial charge in [-0.2, -0.15) is 0 Å². The molecule has 0 heterocycles. The summed E-state index contributed by atoms with van der Waals surface area (Å²) in [5.74, 6) is 0.856. The SMILES string of the molecule is CC(C)CC1(C(=O)NCC2(N)CCC2)CCCC1. The third kappa shape index (κ3) is 2.87. The summed E-state index contributed by atoms with van der Waals surface area (Å²) in [5, 5.41) is 3.15. The minimum atomic E-state index is -0.104. The van der Waals surface area contributed by atoms with Crippen LogP contribution in [0, 0.1) is 11.3 Å². The Balaban J connectivity index is 1.91. The molecule has 3 nitrogen and oxygen atoms in total. The van der Waals surface area contributed by atoms with Crippen molar-refractivity contribution < 1.29 is 4.79 Å². The van der Waals surface area contributed by atoms with Gasteiger partial charge in [-0.1, -0.05) is 26.7 Å². The van der Waals surface area contributed by atoms with E-state index in [9.17, 15) is 4.79 Å². The highest BCUT2D eigenvalue weighted by Gasteiger charge is 2.42. The van der Waals surface area contributed by atoms with Gasteiger partial charge in [0, 0.05) is 17.5 Å². The summed E-state index contributed by atoms with van der Waals surface area (Å²) in [4.78, 5) is 12.5. The lowest BCUT2D eigenvalue weighted by molar-refractivity contribution is -0.132. The summed E-state index contributed by atoms with van der Waals surface area (Å²) in [5.41, 5.74) is 5.99. The third-order valence-electron chi connectivity index (χ3n) is 4.79. The molecule has 0 aromatic carbocycles. The molecule has 0 saturated heterocycles. The van der Waals surface area contributed by atoms with Crippen molar-refractivity contribution in [1.29, 1.82) is 0 Å². The van der Waals surface area contributed by atoms with E-state index in [0.29, 0.717) is 12.5 Å². The minimum absolute atomic E-state index is 0.0890. The van der Waals surface area contributed by atoms with Gasteiger partial charge in [-0.15, -0.1) is 0 Å². The van der Waals surface area contributed by atoms with Crippen molar-refractivity contribution >= 4 is 5.91 Å². The van der Waals surface area contributed by atoms with Crippen LogP contribution in [-0.4, -0.2) is 18.0 Å². The molecule has 2 aliphatic rings. The first-order valence-corrected chi connectivity index (χ1v) is 7.53. The highest BCUT2D eigenvalue weighted by molar-refractivity contribution is 5.83. The van der Waals surface area contributed by atoms with Gasteiger partial charge in [0.25, 0.3) is 0 Å². The van der Waals surface area contributed by atoms with Gasteiger partial charge in [0.05, 0.1) is 0 Å². The number of rotatable bonds is 5. The van der Waals surface area contributed by atoms with Crippen molar-refractivity contribution in [2.75, 3.05) is 6.54 Å². The fourth-order valence-corrected chi connectivity index (χ4v) is 3.61. The maximum atomic E-state index is 12.5. The average Bonchev–Trinajstić information content (AvgIpc) is 2.72. The van der Waals surface area contributed by atoms with Crippen molar-refractivity contribution in [3.05, 3.63) is 0 Å². The van der Waals surface area contributed by atoms with Crippen LogP contribution in [0.1, 0.15) is 65.2 Å². The maximum Gasteiger partial charge on any atom is 0.226 e. The van der Waals surface area contributed by atoms with Crippen molar-refractivity contribution in [3.8, 4) is 0 Å². The van der Waals surface area contributed by atoms with E-state index < -0.39 is 0 Å². The Labute approximate surface area is 111 Å². The highest BCUT2D eigenvalue weighted by atomic mass is 16.2. The molecule has 0 radical (unpaired) electrons. The number of hydrogen-bond acceptors (Lipinski definition) is 2. The fraction of sp³-hybridized carbons (Fsp3) is 0.933. The Kier molecular flexibility index (Phi) is 4.00. The van der Waals surface area contributed by atoms with Gasteiger partial charge in [0.15, 0.2) is 0 Å². The molecule has 0 atom stereocenters. The zero-order chi connectivity index (χ0) is 13.2. The van der Waals surface area contributed by atoms with Gasteiger partial charge >= 0.3 is 0 Å². The Morgan fingerprint density at radius 2 is 1.78 bits per heavy atom. The Morgan fingerprint density at radius 3 is 2.22 bits per heavy atom. The Morgan fingerprint density at radius 1 is 1.17 bits per heavy atom. The summed E-state index contributed by atoms with van der Waals surface area (Å²) in [6.07, 6.45) is 8.89. The number of carbonyl (C=O) groups excluding carboxylic acids is 1. The van der Waals surface area contributed by atoms with Crippen LogP contribution < -0.4 is 11.1 Å². The second-order valence-corrected chi connectivity index (χ2v) is 6.98. The van der Waals surface area contributed by atoms with Gasteiger partial charge < -0.3 is 11.1 Å². The highest BCUT2D eigenvalue weighted by Crippen LogP contribution is 2.43. The number of nitrogens with two attached hydrogens (primary N) is 1. The van der Waals surface area contributed by atoms with Crippen molar-refractivity contribution in [1.82, 2.24) is 5.32 Å². The molecule has 2 saturated carbocycles. The quantitative estimate of drug-likeness (QED) is 0.790. The monoisotopic (exact) mass is 252 g/mol. The van der Waals surface area contributed by atoms with Gasteiger partial charge in [0.2, 0.25) is 5.91 Å². The first kappa shape index (κ1) is 13.9. The molecule has 18 heavy (non-hydrogen) atoms. The van der Waals surface area contributed by atoms with Crippen LogP contribution in [0.25, 0.3) is 0 Å². The normalized spacial score (nSPS) is 24.9. The summed E-state index contributed by atoms with van der Waals surface area (Å²) < 4.78 is 0. The predicted octanol–water partition coefficient (Wildman–Crippen LogP) is 2.59. The molecular formula is C15H28N2O. The van der Waals surface area contributed by atoms with Crippen LogP contribution in [-0.2, 0) is 4.79 Å². The molecule has 3 heteroatoms. The van der Waals surface area contributed by atoms with E-state index in [-0.39, 0.29) is 16.9 Å². The summed E-state index contributed by atoms with van der Waals surface area (Å²) in [6, 6.07) is 0. The van der Waals surface area contributed by atoms with E-state index in [1.807, 2.05) is 0 Å². The van der Waals surface area contributed by atoms with Crippen LogP contribution in [0.4, 0.5) is 0 Å². The Bertz CT molecular complexity index is 302. The first-order valence-electron chi connectivity index (χ1n) is 7.53. The van der Waals surface area contributed by atoms with Crippen LogP contribution in [0.15, 0.2) is 0 Å². The van der Waals surface area contributed by atoms with Gasteiger partial charge in [-0.25, -0.2) is 0 Å². The maximum absolute atomic E-state index is 12.5. The molecule has 2 rings (SSSR count). The summed E-state index contributed by atoms with van der Waals surface area (Å²) in [7, 11) is 0. The molecule has 2 fully saturated rings. The van der Waals surface area contributed by atoms with Crippen LogP contribution >= 0.6 is 0 Å². The fourth-order valence-electron chi connectivity index (χ4n) is 3.61. The molecule has 0 unspecified atom stereocenters. The molecule has 1 amide bonds. The Hall–Kier alpha value is -0.570. The van der Waals surface area contributed by atoms with Gasteiger partial charge in [-0.3, -0.25) is 4.79 Å². The van der Waals surface area contributed by atoms with E-state index in [0.717, 1.165) is 32.1 Å². The lowest BCUT2D eigenvalue weighted by atomic mass is 9.75. The lowest BCUT2D eigenvalue weighted by Crippen LogP contribution is -2.56. The molecule has 0 aromatic heterocycles. The van der Waals surface area contributed by atoms with E-state index >= 15 is 0 Å². The molecule has 2 aliphatic carbocycles. The zero-order valence-electron chi connectivity index (χ0n) is 11.9. The number of carbonyl (C=O) groups is 1. The van der Waals surface area contributed by atoms with E-state index in [2.05, 4.69) is 19.2 Å². The molecule has 0 spiro atoms. The third-order valence-corrected chi connectivity index (χ3v) is 4.79. The topological polar surface area (TPSA) is 55.1 Å². The molecule has 0 aliphatic heterocycles. The predicted molar refractivity (Wildman–Crippen MR) is 74.1 cm³/mol. The van der Waals surface area contributed by atoms with E-state index in [4.69, 9.17) is 5.73 Å². The first-order chi connectivity index (χ1) is 8.46. The zero-order valence-corrected chi connectivity index (χ0v) is 11.9. The molecule has 3 N–H and O–H groups in total. The second kappa shape index (κ2) is 5.20. The number of hydrogen-bond donors (Lipinski definition) is 2. The smallest absolute Gasteiger partial charge is 0.226 e. The molecule has 0 bridgehead atoms. The van der Waals surface area contributed by atoms with Gasteiger partial charge in [-0.05, 0) is 44.4 Å². The number of amides is 1. The number of nitrogens with one attached hydrogen (secondary N) is 1. The van der Waals surface area contributed by atoms with Crippen LogP contribution in [0.3, 0.4) is 0 Å². The molecular weight excluding hydrogens is 224 g/mol. The van der Waals surface area contributed by atoms with Gasteiger partial charge in [0.1, 0.15) is 0 Å². The average molecular weight is 252 g/mol. The van der Waals surface area contributed by atoms with Crippen LogP contribution in [0.5, 0.6) is 0 Å². The van der Waals surface area contributed by atoms with E-state index in [1.165, 1.54) is 19.3 Å². The van der Waals surface area contributed by atoms with Crippen LogP contribution in [0.2, 0.25) is 0 Å². The van der Waals surface area contributed by atoms with Crippen molar-refractivity contribution in [2.24, 2.45) is 17.1 Å². The second-order valence-electron chi connectivity index (χ2n) is 6.98. The molecule has 0 aromatic rings. The standard InChI is InChI=1S/C15H28N2O/c1-12(2)10-14(6-3-4-7-14)13(18)17-11-15(16)8-5-9-15/h12H,3-11,16H2,1-2H3,(H,17,18). The lowest BCUT2D eigenvalue weighted by Gasteiger charge is -2.39. The molecule has 104 valence electrons. The summed E-state index contributed by atoms with van der Waals surface area (Å²) in [6.45, 7) is 5.10. The minimum Gasteiger partial charge on any atom is -0.354 e. The van der Waals surface area contributed by atoms with Crippen molar-refractivity contribution in [3.63, 3.8) is 0 Å².